The number of imidazole rings is 1. The van der Waals surface area contributed by atoms with Gasteiger partial charge in [0, 0.05) is 19.2 Å². The van der Waals surface area contributed by atoms with Crippen LogP contribution in [0.1, 0.15) is 18.4 Å². The number of pyridine rings is 1. The highest BCUT2D eigenvalue weighted by atomic mass is 16.6. The number of aromatic nitrogens is 2. The number of fused-ring (bicyclic) bond motifs is 1. The molecule has 0 spiro atoms. The smallest absolute Gasteiger partial charge is 0.372 e. The molecule has 29 heavy (non-hydrogen) atoms. The first kappa shape index (κ1) is 19.0. The van der Waals surface area contributed by atoms with Crippen LogP contribution in [0, 0.1) is 10.1 Å². The first-order chi connectivity index (χ1) is 14.2. The quantitative estimate of drug-likeness (QED) is 0.458. The van der Waals surface area contributed by atoms with E-state index < -0.39 is 4.92 Å². The fourth-order valence-corrected chi connectivity index (χ4v) is 3.36. The number of benzene rings is 1. The predicted octanol–water partition coefficient (Wildman–Crippen LogP) is 3.42. The van der Waals surface area contributed by atoms with E-state index in [0.717, 1.165) is 25.0 Å². The molecule has 152 valence electrons. The van der Waals surface area contributed by atoms with Crippen LogP contribution in [-0.2, 0) is 11.3 Å². The van der Waals surface area contributed by atoms with E-state index in [1.54, 1.807) is 31.5 Å². The number of hydrogen-bond donors (Lipinski definition) is 1. The van der Waals surface area contributed by atoms with Gasteiger partial charge in [-0.05, 0) is 41.5 Å². The Morgan fingerprint density at radius 1 is 1.34 bits per heavy atom. The van der Waals surface area contributed by atoms with E-state index in [4.69, 9.17) is 14.2 Å². The molecule has 0 saturated carbocycles. The molecule has 0 radical (unpaired) electrons. The molecular formula is C20H22N4O5. The van der Waals surface area contributed by atoms with Crippen molar-refractivity contribution in [3.05, 3.63) is 58.3 Å². The Hall–Kier alpha value is -3.33. The molecule has 1 aromatic carbocycles. The Kier molecular flexibility index (Phi) is 5.48. The van der Waals surface area contributed by atoms with Crippen molar-refractivity contribution < 1.29 is 19.1 Å². The lowest BCUT2D eigenvalue weighted by Crippen LogP contribution is -2.16. The van der Waals surface area contributed by atoms with E-state index >= 15 is 0 Å². The topological polar surface area (TPSA) is 100 Å². The lowest BCUT2D eigenvalue weighted by molar-refractivity contribution is -0.389. The Morgan fingerprint density at radius 3 is 3.00 bits per heavy atom. The summed E-state index contributed by atoms with van der Waals surface area (Å²) in [5.74, 6) is 1.38. The van der Waals surface area contributed by atoms with E-state index in [1.807, 2.05) is 18.2 Å². The highest BCUT2D eigenvalue weighted by molar-refractivity contribution is 5.62. The van der Waals surface area contributed by atoms with Crippen LogP contribution in [0.25, 0.3) is 5.65 Å². The zero-order valence-electron chi connectivity index (χ0n) is 16.0. The van der Waals surface area contributed by atoms with E-state index in [2.05, 4.69) is 10.3 Å². The summed E-state index contributed by atoms with van der Waals surface area (Å²) in [6.45, 7) is 1.62. The fourth-order valence-electron chi connectivity index (χ4n) is 3.36. The highest BCUT2D eigenvalue weighted by Gasteiger charge is 2.22. The molecule has 3 heterocycles. The molecule has 9 nitrogen and oxygen atoms in total. The van der Waals surface area contributed by atoms with Crippen LogP contribution in [0.15, 0.2) is 42.6 Å². The van der Waals surface area contributed by atoms with E-state index in [0.29, 0.717) is 30.3 Å². The summed E-state index contributed by atoms with van der Waals surface area (Å²) >= 11 is 0. The van der Waals surface area contributed by atoms with Gasteiger partial charge in [-0.25, -0.2) is 0 Å². The summed E-state index contributed by atoms with van der Waals surface area (Å²) in [6.07, 6.45) is 3.80. The Labute approximate surface area is 167 Å². The number of ether oxygens (including phenoxy) is 3. The normalized spacial score (nSPS) is 16.1. The average Bonchev–Trinajstić information content (AvgIpc) is 3.38. The summed E-state index contributed by atoms with van der Waals surface area (Å²) in [5, 5.41) is 14.6. The molecule has 4 rings (SSSR count). The number of hydrogen-bond acceptors (Lipinski definition) is 7. The van der Waals surface area contributed by atoms with Crippen molar-refractivity contribution in [1.29, 1.82) is 0 Å². The molecular weight excluding hydrogens is 376 g/mol. The van der Waals surface area contributed by atoms with Crippen molar-refractivity contribution in [3.8, 4) is 11.5 Å². The number of anilines is 1. The molecule has 0 amide bonds. The van der Waals surface area contributed by atoms with Crippen molar-refractivity contribution in [2.75, 3.05) is 25.6 Å². The van der Waals surface area contributed by atoms with Gasteiger partial charge >= 0.3 is 5.82 Å². The van der Waals surface area contributed by atoms with Crippen molar-refractivity contribution in [2.45, 2.75) is 25.5 Å². The SMILES string of the molecule is COc1cc(CNc2nc3ccccn3c2[N+](=O)[O-])ccc1OCC1CCCO1. The largest absolute Gasteiger partial charge is 0.493 e. The van der Waals surface area contributed by atoms with Gasteiger partial charge in [0.05, 0.1) is 19.4 Å². The number of nitro groups is 1. The number of nitrogens with zero attached hydrogens (tertiary/aromatic N) is 3. The number of nitrogens with one attached hydrogen (secondary N) is 1. The van der Waals surface area contributed by atoms with Gasteiger partial charge in [-0.1, -0.05) is 12.1 Å². The average molecular weight is 398 g/mol. The summed E-state index contributed by atoms with van der Waals surface area (Å²) in [4.78, 5) is 15.4. The lowest BCUT2D eigenvalue weighted by Gasteiger charge is -2.15. The number of methoxy groups -OCH3 is 1. The lowest BCUT2D eigenvalue weighted by atomic mass is 10.2. The van der Waals surface area contributed by atoms with Gasteiger partial charge < -0.3 is 29.6 Å². The van der Waals surface area contributed by atoms with Gasteiger partial charge in [-0.3, -0.25) is 0 Å². The third kappa shape index (κ3) is 4.09. The molecule has 1 saturated heterocycles. The van der Waals surface area contributed by atoms with Gasteiger partial charge in [0.25, 0.3) is 0 Å². The second kappa shape index (κ2) is 8.36. The van der Waals surface area contributed by atoms with Crippen LogP contribution < -0.4 is 14.8 Å². The zero-order valence-corrected chi connectivity index (χ0v) is 16.0. The van der Waals surface area contributed by atoms with E-state index in [1.165, 1.54) is 4.40 Å². The van der Waals surface area contributed by atoms with Gasteiger partial charge in [0.15, 0.2) is 11.5 Å². The third-order valence-electron chi connectivity index (χ3n) is 4.81. The van der Waals surface area contributed by atoms with Crippen LogP contribution in [0.5, 0.6) is 11.5 Å². The van der Waals surface area contributed by atoms with Crippen molar-refractivity contribution in [1.82, 2.24) is 9.38 Å². The summed E-state index contributed by atoms with van der Waals surface area (Å²) in [6, 6.07) is 10.8. The van der Waals surface area contributed by atoms with Gasteiger partial charge in [0.1, 0.15) is 6.61 Å². The first-order valence-electron chi connectivity index (χ1n) is 9.42. The minimum atomic E-state index is -0.440. The Bertz CT molecular complexity index is 1010. The standard InChI is InChI=1S/C20H22N4O5/c1-27-17-11-14(7-8-16(17)29-13-15-5-4-10-28-15)12-21-19-20(24(25)26)23-9-3-2-6-18(23)22-19/h2-3,6-9,11,15,21H,4-5,10,12-13H2,1H3. The minimum Gasteiger partial charge on any atom is -0.493 e. The second-order valence-corrected chi connectivity index (χ2v) is 6.75. The maximum atomic E-state index is 11.5. The third-order valence-corrected chi connectivity index (χ3v) is 4.81. The first-order valence-corrected chi connectivity index (χ1v) is 9.42. The maximum Gasteiger partial charge on any atom is 0.372 e. The van der Waals surface area contributed by atoms with Crippen LogP contribution in [-0.4, -0.2) is 40.7 Å². The van der Waals surface area contributed by atoms with Gasteiger partial charge in [0.2, 0.25) is 11.5 Å². The minimum absolute atomic E-state index is 0.0934. The zero-order chi connectivity index (χ0) is 20.2. The summed E-state index contributed by atoms with van der Waals surface area (Å²) in [7, 11) is 1.58. The van der Waals surface area contributed by atoms with Crippen molar-refractivity contribution in [3.63, 3.8) is 0 Å². The maximum absolute atomic E-state index is 11.5. The van der Waals surface area contributed by atoms with Gasteiger partial charge in [-0.2, -0.15) is 9.38 Å². The molecule has 1 aliphatic heterocycles. The molecule has 1 fully saturated rings. The molecule has 1 unspecified atom stereocenters. The molecule has 2 aromatic heterocycles. The summed E-state index contributed by atoms with van der Waals surface area (Å²) < 4.78 is 18.3. The summed E-state index contributed by atoms with van der Waals surface area (Å²) in [5.41, 5.74) is 1.40. The fraction of sp³-hybridized carbons (Fsp3) is 0.350. The Morgan fingerprint density at radius 2 is 2.24 bits per heavy atom. The van der Waals surface area contributed by atoms with Gasteiger partial charge in [-0.15, -0.1) is 0 Å². The molecule has 1 aliphatic rings. The highest BCUT2D eigenvalue weighted by Crippen LogP contribution is 2.30. The molecule has 9 heteroatoms. The molecule has 1 atom stereocenters. The van der Waals surface area contributed by atoms with Crippen molar-refractivity contribution in [2.24, 2.45) is 0 Å². The van der Waals surface area contributed by atoms with Crippen LogP contribution in [0.2, 0.25) is 0 Å². The molecule has 0 aliphatic carbocycles. The number of rotatable bonds is 8. The molecule has 0 bridgehead atoms. The molecule has 3 aromatic rings. The molecule has 1 N–H and O–H groups in total. The van der Waals surface area contributed by atoms with E-state index in [9.17, 15) is 10.1 Å². The monoisotopic (exact) mass is 398 g/mol. The van der Waals surface area contributed by atoms with Crippen LogP contribution in [0.3, 0.4) is 0 Å². The second-order valence-electron chi connectivity index (χ2n) is 6.75. The Balaban J connectivity index is 1.48. The van der Waals surface area contributed by atoms with Crippen LogP contribution >= 0.6 is 0 Å². The van der Waals surface area contributed by atoms with E-state index in [-0.39, 0.29) is 17.7 Å². The van der Waals surface area contributed by atoms with Crippen molar-refractivity contribution >= 4 is 17.3 Å². The predicted molar refractivity (Wildman–Crippen MR) is 107 cm³/mol. The van der Waals surface area contributed by atoms with Crippen LogP contribution in [0.4, 0.5) is 11.6 Å².